The Kier molecular flexibility index (Phi) is 7.70. The van der Waals surface area contributed by atoms with Gasteiger partial charge in [0.05, 0.1) is 6.61 Å². The molecule has 0 rings (SSSR count). The highest BCUT2D eigenvalue weighted by molar-refractivity contribution is 5.81. The average molecular weight is 172 g/mol. The van der Waals surface area contributed by atoms with Crippen molar-refractivity contribution in [1.29, 1.82) is 0 Å². The number of hydrogen-bond acceptors (Lipinski definition) is 3. The highest BCUT2D eigenvalue weighted by Crippen LogP contribution is 1.91. The topological polar surface area (TPSA) is 35.5 Å². The van der Waals surface area contributed by atoms with Crippen molar-refractivity contribution in [3.05, 3.63) is 12.2 Å². The molecule has 0 saturated carbocycles. The molecule has 70 valence electrons. The van der Waals surface area contributed by atoms with Crippen LogP contribution in [-0.4, -0.2) is 26.3 Å². The maximum absolute atomic E-state index is 10.7. The molecule has 0 bridgehead atoms. The monoisotopic (exact) mass is 172 g/mol. The Labute approximate surface area is 73.4 Å². The largest absolute Gasteiger partial charge is 0.463 e. The highest BCUT2D eigenvalue weighted by Gasteiger charge is 1.94. The first-order chi connectivity index (χ1) is 5.81. The van der Waals surface area contributed by atoms with Crippen molar-refractivity contribution in [1.82, 2.24) is 0 Å². The summed E-state index contributed by atoms with van der Waals surface area (Å²) in [6.45, 7) is 2.99. The Morgan fingerprint density at radius 1 is 1.33 bits per heavy atom. The van der Waals surface area contributed by atoms with Crippen molar-refractivity contribution in [2.24, 2.45) is 0 Å². The Morgan fingerprint density at radius 2 is 2.00 bits per heavy atom. The first-order valence-electron chi connectivity index (χ1n) is 4.09. The van der Waals surface area contributed by atoms with E-state index in [0.717, 1.165) is 19.4 Å². The Hall–Kier alpha value is -0.830. The number of rotatable bonds is 6. The number of hydrogen-bond donors (Lipinski definition) is 0. The zero-order chi connectivity index (χ0) is 9.23. The molecule has 0 aromatic rings. The van der Waals surface area contributed by atoms with Gasteiger partial charge in [-0.3, -0.25) is 0 Å². The number of allylic oxidation sites excluding steroid dienone is 1. The molecule has 0 atom stereocenters. The van der Waals surface area contributed by atoms with E-state index < -0.39 is 0 Å². The molecular formula is C9H16O3. The molecule has 0 aliphatic carbocycles. The SMILES string of the molecule is C/C=C\C(=O)OCCCCOC. The second-order valence-electron chi connectivity index (χ2n) is 2.37. The third kappa shape index (κ3) is 7.28. The number of unbranched alkanes of at least 4 members (excludes halogenated alkanes) is 1. The van der Waals surface area contributed by atoms with Gasteiger partial charge in [0.15, 0.2) is 0 Å². The van der Waals surface area contributed by atoms with Gasteiger partial charge in [-0.15, -0.1) is 0 Å². The number of ether oxygens (including phenoxy) is 2. The highest BCUT2D eigenvalue weighted by atomic mass is 16.5. The molecule has 3 heteroatoms. The van der Waals surface area contributed by atoms with E-state index in [1.165, 1.54) is 6.08 Å². The molecule has 0 saturated heterocycles. The van der Waals surface area contributed by atoms with E-state index in [2.05, 4.69) is 0 Å². The van der Waals surface area contributed by atoms with E-state index in [9.17, 15) is 4.79 Å². The third-order valence-electron chi connectivity index (χ3n) is 1.29. The molecule has 0 aliphatic rings. The van der Waals surface area contributed by atoms with Crippen LogP contribution >= 0.6 is 0 Å². The third-order valence-corrected chi connectivity index (χ3v) is 1.29. The molecule has 0 heterocycles. The molecular weight excluding hydrogens is 156 g/mol. The smallest absolute Gasteiger partial charge is 0.330 e. The summed E-state index contributed by atoms with van der Waals surface area (Å²) in [7, 11) is 1.66. The van der Waals surface area contributed by atoms with Crippen LogP contribution < -0.4 is 0 Å². The van der Waals surface area contributed by atoms with Gasteiger partial charge < -0.3 is 9.47 Å². The number of methoxy groups -OCH3 is 1. The fraction of sp³-hybridized carbons (Fsp3) is 0.667. The van der Waals surface area contributed by atoms with Gasteiger partial charge in [-0.2, -0.15) is 0 Å². The van der Waals surface area contributed by atoms with Gasteiger partial charge in [-0.05, 0) is 19.8 Å². The van der Waals surface area contributed by atoms with Crippen molar-refractivity contribution in [2.45, 2.75) is 19.8 Å². The minimum atomic E-state index is -0.269. The van der Waals surface area contributed by atoms with Gasteiger partial charge in [0.1, 0.15) is 0 Å². The van der Waals surface area contributed by atoms with Crippen molar-refractivity contribution in [3.63, 3.8) is 0 Å². The van der Waals surface area contributed by atoms with Crippen LogP contribution in [-0.2, 0) is 14.3 Å². The van der Waals surface area contributed by atoms with Crippen molar-refractivity contribution < 1.29 is 14.3 Å². The lowest BCUT2D eigenvalue weighted by atomic mass is 10.3. The van der Waals surface area contributed by atoms with E-state index in [-0.39, 0.29) is 5.97 Å². The van der Waals surface area contributed by atoms with E-state index in [4.69, 9.17) is 9.47 Å². The summed E-state index contributed by atoms with van der Waals surface area (Å²) in [4.78, 5) is 10.7. The van der Waals surface area contributed by atoms with Crippen LogP contribution in [0.5, 0.6) is 0 Å². The Morgan fingerprint density at radius 3 is 2.58 bits per heavy atom. The normalized spacial score (nSPS) is 10.5. The van der Waals surface area contributed by atoms with Crippen LogP contribution in [0.25, 0.3) is 0 Å². The summed E-state index contributed by atoms with van der Waals surface area (Å²) in [5, 5.41) is 0. The number of carbonyl (C=O) groups excluding carboxylic acids is 1. The van der Waals surface area contributed by atoms with Crippen LogP contribution in [0.2, 0.25) is 0 Å². The maximum Gasteiger partial charge on any atom is 0.330 e. The maximum atomic E-state index is 10.7. The fourth-order valence-electron chi connectivity index (χ4n) is 0.705. The predicted molar refractivity (Wildman–Crippen MR) is 46.9 cm³/mol. The van der Waals surface area contributed by atoms with Crippen LogP contribution in [0.4, 0.5) is 0 Å². The number of carbonyl (C=O) groups is 1. The minimum Gasteiger partial charge on any atom is -0.463 e. The van der Waals surface area contributed by atoms with E-state index in [1.54, 1.807) is 20.1 Å². The van der Waals surface area contributed by atoms with Gasteiger partial charge in [0.25, 0.3) is 0 Å². The molecule has 0 radical (unpaired) electrons. The molecule has 0 fully saturated rings. The van der Waals surface area contributed by atoms with Crippen molar-refractivity contribution in [2.75, 3.05) is 20.3 Å². The Bertz CT molecular complexity index is 141. The van der Waals surface area contributed by atoms with E-state index in [1.807, 2.05) is 0 Å². The quantitative estimate of drug-likeness (QED) is 0.346. The summed E-state index contributed by atoms with van der Waals surface area (Å²) >= 11 is 0. The fourth-order valence-corrected chi connectivity index (χ4v) is 0.705. The molecule has 0 spiro atoms. The summed E-state index contributed by atoms with van der Waals surface area (Å²) in [5.74, 6) is -0.269. The van der Waals surface area contributed by atoms with Crippen LogP contribution in [0.15, 0.2) is 12.2 Å². The molecule has 0 aromatic heterocycles. The average Bonchev–Trinajstić information content (AvgIpc) is 2.05. The summed E-state index contributed by atoms with van der Waals surface area (Å²) < 4.78 is 9.69. The van der Waals surface area contributed by atoms with Gasteiger partial charge in [-0.25, -0.2) is 4.79 Å². The molecule has 12 heavy (non-hydrogen) atoms. The molecule has 0 N–H and O–H groups in total. The Balaban J connectivity index is 3.14. The summed E-state index contributed by atoms with van der Waals surface area (Å²) in [6.07, 6.45) is 4.87. The van der Waals surface area contributed by atoms with Gasteiger partial charge in [0.2, 0.25) is 0 Å². The zero-order valence-electron chi connectivity index (χ0n) is 7.71. The van der Waals surface area contributed by atoms with E-state index >= 15 is 0 Å². The van der Waals surface area contributed by atoms with Gasteiger partial charge in [0, 0.05) is 19.8 Å². The van der Waals surface area contributed by atoms with Crippen molar-refractivity contribution >= 4 is 5.97 Å². The lowest BCUT2D eigenvalue weighted by Crippen LogP contribution is -2.03. The molecule has 0 aromatic carbocycles. The zero-order valence-corrected chi connectivity index (χ0v) is 7.71. The van der Waals surface area contributed by atoms with Crippen LogP contribution in [0.1, 0.15) is 19.8 Å². The molecule has 0 unspecified atom stereocenters. The van der Waals surface area contributed by atoms with E-state index in [0.29, 0.717) is 6.61 Å². The van der Waals surface area contributed by atoms with Gasteiger partial charge in [-0.1, -0.05) is 6.08 Å². The standard InChI is InChI=1S/C9H16O3/c1-3-6-9(10)12-8-5-4-7-11-2/h3,6H,4-5,7-8H2,1-2H3/b6-3-. The van der Waals surface area contributed by atoms with Gasteiger partial charge >= 0.3 is 5.97 Å². The first-order valence-corrected chi connectivity index (χ1v) is 4.09. The molecule has 3 nitrogen and oxygen atoms in total. The van der Waals surface area contributed by atoms with Crippen LogP contribution in [0.3, 0.4) is 0 Å². The lowest BCUT2D eigenvalue weighted by molar-refractivity contribution is -0.137. The molecule has 0 aliphatic heterocycles. The number of esters is 1. The first kappa shape index (κ1) is 11.2. The second-order valence-corrected chi connectivity index (χ2v) is 2.37. The summed E-state index contributed by atoms with van der Waals surface area (Å²) in [6, 6.07) is 0. The minimum absolute atomic E-state index is 0.269. The summed E-state index contributed by atoms with van der Waals surface area (Å²) in [5.41, 5.74) is 0. The second kappa shape index (κ2) is 8.27. The van der Waals surface area contributed by atoms with Crippen molar-refractivity contribution in [3.8, 4) is 0 Å². The predicted octanol–water partition coefficient (Wildman–Crippen LogP) is 1.53. The molecule has 0 amide bonds. The van der Waals surface area contributed by atoms with Crippen LogP contribution in [0, 0.1) is 0 Å². The lowest BCUT2D eigenvalue weighted by Gasteiger charge is -2.00.